The highest BCUT2D eigenvalue weighted by molar-refractivity contribution is 5.66. The van der Waals surface area contributed by atoms with Gasteiger partial charge in [-0.2, -0.15) is 0 Å². The molecule has 1 N–H and O–H groups in total. The average Bonchev–Trinajstić information content (AvgIpc) is 2.00. The van der Waals surface area contributed by atoms with Crippen LogP contribution in [0, 0.1) is 10.1 Å². The van der Waals surface area contributed by atoms with Gasteiger partial charge in [0.1, 0.15) is 0 Å². The van der Waals surface area contributed by atoms with Crippen LogP contribution in [0.15, 0.2) is 0 Å². The molecule has 0 aromatic heterocycles. The molecule has 0 spiro atoms. The van der Waals surface area contributed by atoms with Crippen molar-refractivity contribution in [1.29, 1.82) is 0 Å². The van der Waals surface area contributed by atoms with E-state index in [1.165, 1.54) is 7.05 Å². The quantitative estimate of drug-likeness (QED) is 0.365. The smallest absolute Gasteiger partial charge is 0.408 e. The maximum Gasteiger partial charge on any atom is 0.408 e. The summed E-state index contributed by atoms with van der Waals surface area (Å²) in [7, 11) is 1.24. The number of nitro groups is 1. The third kappa shape index (κ3) is 4.31. The molecule has 1 amide bonds. The van der Waals surface area contributed by atoms with E-state index in [-0.39, 0.29) is 13.3 Å². The lowest BCUT2D eigenvalue weighted by Crippen LogP contribution is -2.38. The maximum absolute atomic E-state index is 10.6. The zero-order chi connectivity index (χ0) is 9.56. The first-order valence-corrected chi connectivity index (χ1v) is 3.34. The molecule has 0 rings (SSSR count). The summed E-state index contributed by atoms with van der Waals surface area (Å²) >= 11 is 0. The number of nitrogens with one attached hydrogen (secondary N) is 1. The van der Waals surface area contributed by atoms with Gasteiger partial charge in [-0.05, 0) is 6.92 Å². The summed E-state index contributed by atoms with van der Waals surface area (Å²) < 4.78 is 4.47. The standard InChI is InChI=1S/C5H11N3O4/c1-3-12-5(9)6-4-7(2)8(10)11/h3-4H2,1-2H3,(H,6,9). The minimum absolute atomic E-state index is 0.175. The second-order valence-electron chi connectivity index (χ2n) is 1.95. The summed E-state index contributed by atoms with van der Waals surface area (Å²) in [6.45, 7) is 1.72. The first kappa shape index (κ1) is 10.5. The molecule has 70 valence electrons. The van der Waals surface area contributed by atoms with Crippen LogP contribution in [-0.4, -0.2) is 36.5 Å². The number of ether oxygens (including phenoxy) is 1. The lowest BCUT2D eigenvalue weighted by Gasteiger charge is -2.08. The second-order valence-corrected chi connectivity index (χ2v) is 1.95. The molecular formula is C5H11N3O4. The number of alkyl carbamates (subject to hydrolysis) is 1. The summed E-state index contributed by atoms with van der Waals surface area (Å²) in [5, 5.41) is 12.3. The molecule has 0 aliphatic rings. The third-order valence-electron chi connectivity index (χ3n) is 1.01. The van der Waals surface area contributed by atoms with Gasteiger partial charge in [0.2, 0.25) is 0 Å². The first-order chi connectivity index (χ1) is 5.57. The van der Waals surface area contributed by atoms with Gasteiger partial charge in [0.25, 0.3) is 0 Å². The molecule has 0 heterocycles. The Hall–Kier alpha value is -1.53. The summed E-state index contributed by atoms with van der Waals surface area (Å²) in [5.41, 5.74) is 0. The van der Waals surface area contributed by atoms with E-state index in [2.05, 4.69) is 10.1 Å². The lowest BCUT2D eigenvalue weighted by atomic mass is 10.8. The van der Waals surface area contributed by atoms with Crippen molar-refractivity contribution in [1.82, 2.24) is 10.3 Å². The van der Waals surface area contributed by atoms with E-state index in [9.17, 15) is 14.9 Å². The topological polar surface area (TPSA) is 84.7 Å². The van der Waals surface area contributed by atoms with E-state index in [1.54, 1.807) is 6.92 Å². The molecule has 0 aliphatic carbocycles. The van der Waals surface area contributed by atoms with E-state index < -0.39 is 11.1 Å². The molecule has 12 heavy (non-hydrogen) atoms. The summed E-state index contributed by atoms with van der Waals surface area (Å²) in [6, 6.07) is 0. The van der Waals surface area contributed by atoms with Crippen LogP contribution in [0.5, 0.6) is 0 Å². The fourth-order valence-electron chi connectivity index (χ4n) is 0.419. The molecule has 7 nitrogen and oxygen atoms in total. The van der Waals surface area contributed by atoms with Crippen LogP contribution in [0.25, 0.3) is 0 Å². The van der Waals surface area contributed by atoms with E-state index in [4.69, 9.17) is 0 Å². The van der Waals surface area contributed by atoms with Gasteiger partial charge in [0, 0.05) is 0 Å². The molecular weight excluding hydrogens is 166 g/mol. The van der Waals surface area contributed by atoms with Gasteiger partial charge < -0.3 is 4.74 Å². The zero-order valence-electron chi connectivity index (χ0n) is 6.94. The van der Waals surface area contributed by atoms with Crippen LogP contribution in [0.2, 0.25) is 0 Å². The largest absolute Gasteiger partial charge is 0.450 e. The van der Waals surface area contributed by atoms with Crippen molar-refractivity contribution in [3.8, 4) is 0 Å². The number of hydrogen-bond donors (Lipinski definition) is 1. The number of carbonyl (C=O) groups excluding carboxylic acids is 1. The van der Waals surface area contributed by atoms with Gasteiger partial charge in [-0.3, -0.25) is 5.32 Å². The van der Waals surface area contributed by atoms with Gasteiger partial charge in [-0.15, -0.1) is 5.01 Å². The lowest BCUT2D eigenvalue weighted by molar-refractivity contribution is -0.649. The van der Waals surface area contributed by atoms with Crippen molar-refractivity contribution in [3.63, 3.8) is 0 Å². The highest BCUT2D eigenvalue weighted by atomic mass is 16.7. The molecule has 0 aliphatic heterocycles. The molecule has 0 atom stereocenters. The van der Waals surface area contributed by atoms with Crippen LogP contribution >= 0.6 is 0 Å². The van der Waals surface area contributed by atoms with Crippen LogP contribution in [0.3, 0.4) is 0 Å². The van der Waals surface area contributed by atoms with Crippen LogP contribution in [0.1, 0.15) is 6.92 Å². The molecule has 0 aromatic rings. The number of amides is 1. The number of hydrogen-bond acceptors (Lipinski definition) is 4. The van der Waals surface area contributed by atoms with Crippen molar-refractivity contribution in [2.45, 2.75) is 6.92 Å². The van der Waals surface area contributed by atoms with Crippen molar-refractivity contribution in [3.05, 3.63) is 10.1 Å². The van der Waals surface area contributed by atoms with Crippen LogP contribution in [-0.2, 0) is 4.74 Å². The Morgan fingerprint density at radius 1 is 1.75 bits per heavy atom. The Morgan fingerprint density at radius 3 is 2.75 bits per heavy atom. The SMILES string of the molecule is CCOC(=O)NCN(C)[N+](=O)[O-]. The first-order valence-electron chi connectivity index (χ1n) is 3.34. The molecule has 0 unspecified atom stereocenters. The Balaban J connectivity index is 3.54. The highest BCUT2D eigenvalue weighted by Crippen LogP contribution is 1.80. The van der Waals surface area contributed by atoms with Crippen molar-refractivity contribution < 1.29 is 14.6 Å². The van der Waals surface area contributed by atoms with Gasteiger partial charge in [0.05, 0.1) is 13.7 Å². The second kappa shape index (κ2) is 5.16. The van der Waals surface area contributed by atoms with E-state index in [0.29, 0.717) is 0 Å². The van der Waals surface area contributed by atoms with Gasteiger partial charge >= 0.3 is 6.09 Å². The molecule has 0 saturated heterocycles. The van der Waals surface area contributed by atoms with Gasteiger partial charge in [-0.25, -0.2) is 14.9 Å². The molecule has 0 fully saturated rings. The minimum Gasteiger partial charge on any atom is -0.450 e. The van der Waals surface area contributed by atoms with Crippen molar-refractivity contribution in [2.24, 2.45) is 0 Å². The van der Waals surface area contributed by atoms with Crippen molar-refractivity contribution in [2.75, 3.05) is 20.3 Å². The normalized spacial score (nSPS) is 8.83. The predicted molar refractivity (Wildman–Crippen MR) is 39.8 cm³/mol. The maximum atomic E-state index is 10.6. The molecule has 0 bridgehead atoms. The van der Waals surface area contributed by atoms with Crippen LogP contribution in [0.4, 0.5) is 4.79 Å². The highest BCUT2D eigenvalue weighted by Gasteiger charge is 2.08. The van der Waals surface area contributed by atoms with E-state index in [1.807, 2.05) is 0 Å². The Labute approximate surface area is 69.4 Å². The molecule has 7 heteroatoms. The summed E-state index contributed by atoms with van der Waals surface area (Å²) in [5.74, 6) is 0. The predicted octanol–water partition coefficient (Wildman–Crippen LogP) is -0.186. The number of nitrogens with zero attached hydrogens (tertiary/aromatic N) is 2. The Morgan fingerprint density at radius 2 is 2.33 bits per heavy atom. The Kier molecular flexibility index (Phi) is 4.51. The van der Waals surface area contributed by atoms with E-state index >= 15 is 0 Å². The number of hydrazine groups is 1. The van der Waals surface area contributed by atoms with Crippen molar-refractivity contribution >= 4 is 6.09 Å². The number of rotatable bonds is 4. The zero-order valence-corrected chi connectivity index (χ0v) is 6.94. The molecule has 0 aromatic carbocycles. The fourth-order valence-corrected chi connectivity index (χ4v) is 0.419. The molecule has 0 saturated carbocycles. The molecule has 0 radical (unpaired) electrons. The number of carbonyl (C=O) groups is 1. The average molecular weight is 177 g/mol. The summed E-state index contributed by atoms with van der Waals surface area (Å²) in [6.07, 6.45) is -0.661. The van der Waals surface area contributed by atoms with Gasteiger partial charge in [-0.1, -0.05) is 0 Å². The van der Waals surface area contributed by atoms with Crippen LogP contribution < -0.4 is 5.32 Å². The monoisotopic (exact) mass is 177 g/mol. The van der Waals surface area contributed by atoms with Gasteiger partial charge in [0.15, 0.2) is 11.7 Å². The fraction of sp³-hybridized carbons (Fsp3) is 0.800. The Bertz CT molecular complexity index is 172. The summed E-state index contributed by atoms with van der Waals surface area (Å²) in [4.78, 5) is 20.6. The van der Waals surface area contributed by atoms with E-state index in [0.717, 1.165) is 5.01 Å². The minimum atomic E-state index is -0.661. The third-order valence-corrected chi connectivity index (χ3v) is 1.01.